The summed E-state index contributed by atoms with van der Waals surface area (Å²) >= 11 is 0. The van der Waals surface area contributed by atoms with E-state index in [4.69, 9.17) is 9.47 Å². The molecule has 1 aromatic carbocycles. The van der Waals surface area contributed by atoms with Crippen molar-refractivity contribution in [1.29, 1.82) is 5.26 Å². The monoisotopic (exact) mass is 341 g/mol. The Kier molecular flexibility index (Phi) is 6.04. The van der Waals surface area contributed by atoms with Gasteiger partial charge >= 0.3 is 0 Å². The molecule has 0 spiro atoms. The number of nitrogens with zero attached hydrogens (tertiary/aromatic N) is 2. The molecule has 2 heterocycles. The molecule has 0 bridgehead atoms. The van der Waals surface area contributed by atoms with E-state index >= 15 is 0 Å². The van der Waals surface area contributed by atoms with Crippen molar-refractivity contribution in [2.24, 2.45) is 0 Å². The van der Waals surface area contributed by atoms with Crippen LogP contribution in [0.2, 0.25) is 0 Å². The lowest BCUT2D eigenvalue weighted by Crippen LogP contribution is -2.36. The molecule has 0 saturated carbocycles. The number of amides is 1. The molecule has 1 aromatic rings. The van der Waals surface area contributed by atoms with Gasteiger partial charge in [0.05, 0.1) is 19.3 Å². The van der Waals surface area contributed by atoms with E-state index < -0.39 is 0 Å². The number of carbonyl (C=O) groups is 1. The van der Waals surface area contributed by atoms with Gasteiger partial charge in [-0.2, -0.15) is 5.26 Å². The summed E-state index contributed by atoms with van der Waals surface area (Å²) in [6.07, 6.45) is 3.66. The van der Waals surface area contributed by atoms with E-state index in [2.05, 4.69) is 10.2 Å². The number of nitriles is 1. The predicted octanol–water partition coefficient (Wildman–Crippen LogP) is 1.73. The maximum Gasteiger partial charge on any atom is 0.262 e. The summed E-state index contributed by atoms with van der Waals surface area (Å²) in [5, 5.41) is 12.1. The van der Waals surface area contributed by atoms with Gasteiger partial charge in [-0.3, -0.25) is 4.79 Å². The summed E-state index contributed by atoms with van der Waals surface area (Å²) in [4.78, 5) is 14.4. The summed E-state index contributed by atoms with van der Waals surface area (Å²) in [5.74, 6) is -0.352. The van der Waals surface area contributed by atoms with Crippen molar-refractivity contribution < 1.29 is 14.3 Å². The van der Waals surface area contributed by atoms with Crippen molar-refractivity contribution >= 4 is 17.7 Å². The highest BCUT2D eigenvalue weighted by Gasteiger charge is 2.17. The molecule has 1 N–H and O–H groups in total. The molecule has 25 heavy (non-hydrogen) atoms. The van der Waals surface area contributed by atoms with Gasteiger partial charge in [-0.15, -0.1) is 0 Å². The molecule has 1 atom stereocenters. The van der Waals surface area contributed by atoms with Crippen LogP contribution >= 0.6 is 0 Å². The van der Waals surface area contributed by atoms with E-state index in [0.29, 0.717) is 6.54 Å². The molecule has 2 aliphatic heterocycles. The minimum absolute atomic E-state index is 0.0664. The Balaban J connectivity index is 1.60. The number of benzene rings is 1. The van der Waals surface area contributed by atoms with Crippen molar-refractivity contribution in [2.75, 3.05) is 44.4 Å². The second kappa shape index (κ2) is 8.65. The van der Waals surface area contributed by atoms with Gasteiger partial charge in [-0.25, -0.2) is 0 Å². The fourth-order valence-electron chi connectivity index (χ4n) is 3.03. The smallest absolute Gasteiger partial charge is 0.262 e. The average molecular weight is 341 g/mol. The summed E-state index contributed by atoms with van der Waals surface area (Å²) in [6, 6.07) is 9.86. The van der Waals surface area contributed by atoms with Gasteiger partial charge < -0.3 is 19.7 Å². The second-order valence-electron chi connectivity index (χ2n) is 6.21. The van der Waals surface area contributed by atoms with E-state index in [-0.39, 0.29) is 17.6 Å². The minimum atomic E-state index is -0.352. The fourth-order valence-corrected chi connectivity index (χ4v) is 3.03. The molecular weight excluding hydrogens is 318 g/mol. The van der Waals surface area contributed by atoms with Gasteiger partial charge in [-0.05, 0) is 36.6 Å². The molecule has 132 valence electrons. The quantitative estimate of drug-likeness (QED) is 0.652. The molecule has 0 radical (unpaired) electrons. The van der Waals surface area contributed by atoms with Gasteiger partial charge in [0.25, 0.3) is 5.91 Å². The van der Waals surface area contributed by atoms with Crippen LogP contribution in [0.15, 0.2) is 29.8 Å². The van der Waals surface area contributed by atoms with Crippen LogP contribution in [0.3, 0.4) is 0 Å². The fraction of sp³-hybridized carbons (Fsp3) is 0.474. The Morgan fingerprint density at radius 1 is 1.28 bits per heavy atom. The number of morpholine rings is 1. The molecule has 0 aliphatic carbocycles. The van der Waals surface area contributed by atoms with Crippen LogP contribution in [0.5, 0.6) is 0 Å². The first-order valence-corrected chi connectivity index (χ1v) is 8.70. The van der Waals surface area contributed by atoms with Gasteiger partial charge in [0.15, 0.2) is 0 Å². The normalized spacial score (nSPS) is 21.0. The Morgan fingerprint density at radius 3 is 2.68 bits per heavy atom. The van der Waals surface area contributed by atoms with Crippen LogP contribution in [0.1, 0.15) is 18.4 Å². The van der Waals surface area contributed by atoms with Crippen molar-refractivity contribution in [2.45, 2.75) is 18.9 Å². The van der Waals surface area contributed by atoms with E-state index in [9.17, 15) is 10.1 Å². The van der Waals surface area contributed by atoms with Crippen LogP contribution in [0, 0.1) is 11.3 Å². The lowest BCUT2D eigenvalue weighted by atomic mass is 10.1. The third kappa shape index (κ3) is 4.81. The zero-order valence-corrected chi connectivity index (χ0v) is 14.2. The van der Waals surface area contributed by atoms with Gasteiger partial charge in [0.2, 0.25) is 0 Å². The molecule has 6 heteroatoms. The van der Waals surface area contributed by atoms with Crippen molar-refractivity contribution in [3.05, 3.63) is 35.4 Å². The lowest BCUT2D eigenvalue weighted by Gasteiger charge is -2.28. The Labute approximate surface area is 148 Å². The van der Waals surface area contributed by atoms with Gasteiger partial charge in [-0.1, -0.05) is 12.1 Å². The van der Waals surface area contributed by atoms with Crippen LogP contribution in [-0.4, -0.2) is 51.5 Å². The highest BCUT2D eigenvalue weighted by molar-refractivity contribution is 6.01. The van der Waals surface area contributed by atoms with Gasteiger partial charge in [0, 0.05) is 31.9 Å². The van der Waals surface area contributed by atoms with E-state index in [1.54, 1.807) is 6.08 Å². The topological polar surface area (TPSA) is 74.6 Å². The SMILES string of the molecule is N#C/C(=C/c1ccc(N2CCOCC2)cc1)C(=O)NCC1CCCO1. The van der Waals surface area contributed by atoms with E-state index in [1.165, 1.54) is 0 Å². The number of nitrogens with one attached hydrogen (secondary N) is 1. The zero-order valence-electron chi connectivity index (χ0n) is 14.2. The summed E-state index contributed by atoms with van der Waals surface area (Å²) in [6.45, 7) is 4.44. The second-order valence-corrected chi connectivity index (χ2v) is 6.21. The summed E-state index contributed by atoms with van der Waals surface area (Å²) < 4.78 is 10.8. The Hall–Kier alpha value is -2.36. The van der Waals surface area contributed by atoms with E-state index in [1.807, 2.05) is 30.3 Å². The maximum atomic E-state index is 12.2. The molecule has 6 nitrogen and oxygen atoms in total. The molecule has 0 aromatic heterocycles. The summed E-state index contributed by atoms with van der Waals surface area (Å²) in [7, 11) is 0. The number of anilines is 1. The molecule has 1 amide bonds. The van der Waals surface area contributed by atoms with Crippen LogP contribution in [0.25, 0.3) is 6.08 Å². The first-order chi connectivity index (χ1) is 12.3. The number of rotatable bonds is 5. The van der Waals surface area contributed by atoms with Crippen LogP contribution in [0.4, 0.5) is 5.69 Å². The zero-order chi connectivity index (χ0) is 17.5. The molecule has 2 aliphatic rings. The Morgan fingerprint density at radius 2 is 2.04 bits per heavy atom. The lowest BCUT2D eigenvalue weighted by molar-refractivity contribution is -0.117. The first kappa shape index (κ1) is 17.5. The van der Waals surface area contributed by atoms with E-state index in [0.717, 1.165) is 57.0 Å². The van der Waals surface area contributed by atoms with Crippen molar-refractivity contribution in [1.82, 2.24) is 5.32 Å². The number of carbonyl (C=O) groups excluding carboxylic acids is 1. The van der Waals surface area contributed by atoms with Gasteiger partial charge in [0.1, 0.15) is 11.6 Å². The highest BCUT2D eigenvalue weighted by Crippen LogP contribution is 2.18. The average Bonchev–Trinajstić information content (AvgIpc) is 3.19. The maximum absolute atomic E-state index is 12.2. The van der Waals surface area contributed by atoms with Crippen LogP contribution < -0.4 is 10.2 Å². The standard InChI is InChI=1S/C19H23N3O3/c20-13-16(19(23)21-14-18-2-1-9-25-18)12-15-3-5-17(6-4-15)22-7-10-24-11-8-22/h3-6,12,18H,1-2,7-11,14H2,(H,21,23)/b16-12-. The molecule has 2 saturated heterocycles. The first-order valence-electron chi connectivity index (χ1n) is 8.70. The van der Waals surface area contributed by atoms with Crippen molar-refractivity contribution in [3.8, 4) is 6.07 Å². The molecule has 3 rings (SSSR count). The predicted molar refractivity (Wildman–Crippen MR) is 95.0 cm³/mol. The number of hydrogen-bond donors (Lipinski definition) is 1. The third-order valence-corrected chi connectivity index (χ3v) is 4.46. The Bertz CT molecular complexity index is 651. The minimum Gasteiger partial charge on any atom is -0.378 e. The van der Waals surface area contributed by atoms with Crippen LogP contribution in [-0.2, 0) is 14.3 Å². The molecule has 1 unspecified atom stereocenters. The largest absolute Gasteiger partial charge is 0.378 e. The number of hydrogen-bond acceptors (Lipinski definition) is 5. The third-order valence-electron chi connectivity index (χ3n) is 4.46. The highest BCUT2D eigenvalue weighted by atomic mass is 16.5. The van der Waals surface area contributed by atoms with Crippen molar-refractivity contribution in [3.63, 3.8) is 0 Å². The molecule has 2 fully saturated rings. The summed E-state index contributed by atoms with van der Waals surface area (Å²) in [5.41, 5.74) is 2.07. The molecular formula is C19H23N3O3. The number of ether oxygens (including phenoxy) is 2.